The van der Waals surface area contributed by atoms with Gasteiger partial charge >= 0.3 is 0 Å². The van der Waals surface area contributed by atoms with Gasteiger partial charge in [-0.1, -0.05) is 32.5 Å². The standard InChI is InChI=1S/C20H39N7S.HI/c1-6-12-26-13-9-17(10-14-26)23-19(21-4)22-11-7-8-18-24-25-20(28-5)27(18)15-16(2)3;/h16-17H,6-15H2,1-5H3,(H2,21,22,23);1H. The molecule has 2 rings (SSSR count). The number of piperidine rings is 1. The first-order valence-corrected chi connectivity index (χ1v) is 11.9. The maximum atomic E-state index is 4.41. The number of hydrogen-bond donors (Lipinski definition) is 2. The quantitative estimate of drug-likeness (QED) is 0.157. The molecule has 29 heavy (non-hydrogen) atoms. The van der Waals surface area contributed by atoms with Crippen molar-refractivity contribution in [2.45, 2.75) is 70.6 Å². The van der Waals surface area contributed by atoms with Crippen LogP contribution in [0.2, 0.25) is 0 Å². The van der Waals surface area contributed by atoms with Crippen molar-refractivity contribution in [3.05, 3.63) is 5.82 Å². The van der Waals surface area contributed by atoms with Crippen molar-refractivity contribution in [2.75, 3.05) is 39.5 Å². The fourth-order valence-electron chi connectivity index (χ4n) is 3.66. The Morgan fingerprint density at radius 2 is 2.00 bits per heavy atom. The van der Waals surface area contributed by atoms with E-state index in [1.54, 1.807) is 11.8 Å². The molecule has 0 aromatic carbocycles. The van der Waals surface area contributed by atoms with Crippen LogP contribution in [-0.2, 0) is 13.0 Å². The smallest absolute Gasteiger partial charge is 0.191 e. The van der Waals surface area contributed by atoms with Crippen molar-refractivity contribution < 1.29 is 0 Å². The molecule has 1 aliphatic rings. The molecule has 1 aromatic rings. The number of guanidine groups is 1. The zero-order chi connectivity index (χ0) is 20.4. The van der Waals surface area contributed by atoms with Crippen LogP contribution in [0.15, 0.2) is 10.1 Å². The van der Waals surface area contributed by atoms with Crippen molar-refractivity contribution >= 4 is 41.7 Å². The normalized spacial score (nSPS) is 16.1. The van der Waals surface area contributed by atoms with Crippen molar-refractivity contribution in [2.24, 2.45) is 10.9 Å². The number of rotatable bonds is 10. The highest BCUT2D eigenvalue weighted by Gasteiger charge is 2.19. The monoisotopic (exact) mass is 537 g/mol. The molecule has 2 heterocycles. The molecular weight excluding hydrogens is 497 g/mol. The zero-order valence-corrected chi connectivity index (χ0v) is 21.9. The van der Waals surface area contributed by atoms with Gasteiger partial charge < -0.3 is 20.1 Å². The second-order valence-corrected chi connectivity index (χ2v) is 8.74. The molecule has 0 radical (unpaired) electrons. The number of hydrogen-bond acceptors (Lipinski definition) is 5. The van der Waals surface area contributed by atoms with Crippen molar-refractivity contribution in [1.82, 2.24) is 30.3 Å². The SMILES string of the molecule is CCCN1CCC(NC(=NC)NCCCc2nnc(SC)n2CC(C)C)CC1.I. The number of thioether (sulfide) groups is 1. The van der Waals surface area contributed by atoms with E-state index in [4.69, 9.17) is 0 Å². The van der Waals surface area contributed by atoms with Crippen LogP contribution in [0, 0.1) is 5.92 Å². The Hall–Kier alpha value is -0.550. The van der Waals surface area contributed by atoms with Gasteiger partial charge in [-0.3, -0.25) is 4.99 Å². The van der Waals surface area contributed by atoms with Gasteiger partial charge in [0.25, 0.3) is 0 Å². The molecule has 1 saturated heterocycles. The molecule has 7 nitrogen and oxygen atoms in total. The lowest BCUT2D eigenvalue weighted by atomic mass is 10.1. The van der Waals surface area contributed by atoms with E-state index < -0.39 is 0 Å². The molecule has 168 valence electrons. The number of aromatic nitrogens is 3. The molecule has 1 aliphatic heterocycles. The van der Waals surface area contributed by atoms with E-state index in [9.17, 15) is 0 Å². The Morgan fingerprint density at radius 1 is 1.28 bits per heavy atom. The van der Waals surface area contributed by atoms with Gasteiger partial charge in [-0.05, 0) is 44.4 Å². The average molecular weight is 538 g/mol. The molecule has 1 fully saturated rings. The number of nitrogens with one attached hydrogen (secondary N) is 2. The Morgan fingerprint density at radius 3 is 2.59 bits per heavy atom. The van der Waals surface area contributed by atoms with Gasteiger partial charge in [-0.2, -0.15) is 0 Å². The molecule has 0 aliphatic carbocycles. The Labute approximate surface area is 198 Å². The van der Waals surface area contributed by atoms with Crippen LogP contribution in [0.1, 0.15) is 52.3 Å². The molecule has 0 amide bonds. The van der Waals surface area contributed by atoms with E-state index in [0.717, 1.165) is 42.9 Å². The van der Waals surface area contributed by atoms with Crippen molar-refractivity contribution in [3.63, 3.8) is 0 Å². The summed E-state index contributed by atoms with van der Waals surface area (Å²) in [5.41, 5.74) is 0. The van der Waals surface area contributed by atoms with Crippen LogP contribution < -0.4 is 10.6 Å². The summed E-state index contributed by atoms with van der Waals surface area (Å²) < 4.78 is 2.27. The first kappa shape index (κ1) is 26.5. The second-order valence-electron chi connectivity index (χ2n) is 7.97. The zero-order valence-electron chi connectivity index (χ0n) is 18.8. The third kappa shape index (κ3) is 9.00. The van der Waals surface area contributed by atoms with Gasteiger partial charge in [0.05, 0.1) is 0 Å². The maximum absolute atomic E-state index is 4.41. The highest BCUT2D eigenvalue weighted by atomic mass is 127. The summed E-state index contributed by atoms with van der Waals surface area (Å²) in [5.74, 6) is 2.60. The third-order valence-electron chi connectivity index (χ3n) is 5.09. The number of likely N-dealkylation sites (tertiary alicyclic amines) is 1. The van der Waals surface area contributed by atoms with Crippen molar-refractivity contribution in [1.29, 1.82) is 0 Å². The predicted octanol–water partition coefficient (Wildman–Crippen LogP) is 3.25. The second kappa shape index (κ2) is 14.5. The number of nitrogens with zero attached hydrogens (tertiary/aromatic N) is 5. The summed E-state index contributed by atoms with van der Waals surface area (Å²) >= 11 is 1.67. The number of aliphatic imine (C=N–C) groups is 1. The molecule has 2 N–H and O–H groups in total. The Balaban J connectivity index is 0.00000420. The minimum atomic E-state index is 0. The lowest BCUT2D eigenvalue weighted by molar-refractivity contribution is 0.206. The molecule has 0 spiro atoms. The maximum Gasteiger partial charge on any atom is 0.191 e. The minimum Gasteiger partial charge on any atom is -0.356 e. The summed E-state index contributed by atoms with van der Waals surface area (Å²) in [5, 5.41) is 16.8. The summed E-state index contributed by atoms with van der Waals surface area (Å²) in [7, 11) is 1.85. The Kier molecular flexibility index (Phi) is 13.2. The number of halogens is 1. The van der Waals surface area contributed by atoms with Crippen LogP contribution in [0.5, 0.6) is 0 Å². The third-order valence-corrected chi connectivity index (χ3v) is 5.75. The molecule has 1 aromatic heterocycles. The van der Waals surface area contributed by atoms with E-state index in [-0.39, 0.29) is 24.0 Å². The van der Waals surface area contributed by atoms with E-state index in [2.05, 4.69) is 62.3 Å². The molecule has 9 heteroatoms. The summed E-state index contributed by atoms with van der Waals surface area (Å²) in [6, 6.07) is 0.526. The highest BCUT2D eigenvalue weighted by molar-refractivity contribution is 14.0. The van der Waals surface area contributed by atoms with E-state index >= 15 is 0 Å². The molecular formula is C20H40IN7S. The molecule has 0 atom stereocenters. The van der Waals surface area contributed by atoms with E-state index in [1.807, 2.05) is 7.05 Å². The van der Waals surface area contributed by atoms with Crippen LogP contribution in [0.25, 0.3) is 0 Å². The Bertz CT molecular complexity index is 598. The van der Waals surface area contributed by atoms with E-state index in [1.165, 1.54) is 38.9 Å². The van der Waals surface area contributed by atoms with Gasteiger partial charge in [-0.15, -0.1) is 34.2 Å². The number of aryl methyl sites for hydroxylation is 1. The van der Waals surface area contributed by atoms with Gasteiger partial charge in [0.2, 0.25) is 0 Å². The van der Waals surface area contributed by atoms with Crippen LogP contribution >= 0.6 is 35.7 Å². The topological polar surface area (TPSA) is 70.4 Å². The fraction of sp³-hybridized carbons (Fsp3) is 0.850. The van der Waals surface area contributed by atoms with Crippen molar-refractivity contribution in [3.8, 4) is 0 Å². The summed E-state index contributed by atoms with van der Waals surface area (Å²) in [4.78, 5) is 6.96. The first-order chi connectivity index (χ1) is 13.6. The van der Waals surface area contributed by atoms with Gasteiger partial charge in [0.1, 0.15) is 5.82 Å². The molecule has 0 saturated carbocycles. The molecule has 0 unspecified atom stereocenters. The predicted molar refractivity (Wildman–Crippen MR) is 135 cm³/mol. The summed E-state index contributed by atoms with van der Waals surface area (Å²) in [6.45, 7) is 12.2. The van der Waals surface area contributed by atoms with Gasteiger partial charge in [0.15, 0.2) is 11.1 Å². The largest absolute Gasteiger partial charge is 0.356 e. The lowest BCUT2D eigenvalue weighted by Gasteiger charge is -2.32. The van der Waals surface area contributed by atoms with Crippen LogP contribution in [-0.4, -0.2) is 71.1 Å². The van der Waals surface area contributed by atoms with Gasteiger partial charge in [0, 0.05) is 45.7 Å². The van der Waals surface area contributed by atoms with Crippen LogP contribution in [0.3, 0.4) is 0 Å². The fourth-order valence-corrected chi connectivity index (χ4v) is 4.18. The molecule has 0 bridgehead atoms. The highest BCUT2D eigenvalue weighted by Crippen LogP contribution is 2.16. The average Bonchev–Trinajstić information content (AvgIpc) is 3.06. The minimum absolute atomic E-state index is 0. The van der Waals surface area contributed by atoms with E-state index in [0.29, 0.717) is 12.0 Å². The summed E-state index contributed by atoms with van der Waals surface area (Å²) in [6.07, 6.45) is 7.63. The lowest BCUT2D eigenvalue weighted by Crippen LogP contribution is -2.48. The first-order valence-electron chi connectivity index (χ1n) is 10.7. The van der Waals surface area contributed by atoms with Crippen LogP contribution in [0.4, 0.5) is 0 Å². The van der Waals surface area contributed by atoms with Gasteiger partial charge in [-0.25, -0.2) is 0 Å².